The van der Waals surface area contributed by atoms with Crippen molar-refractivity contribution in [2.24, 2.45) is 7.05 Å². The van der Waals surface area contributed by atoms with Gasteiger partial charge in [0.1, 0.15) is 5.82 Å². The topological polar surface area (TPSA) is 78.1 Å². The molecule has 2 saturated heterocycles. The summed E-state index contributed by atoms with van der Waals surface area (Å²) in [4.78, 5) is 19.5. The summed E-state index contributed by atoms with van der Waals surface area (Å²) in [6.07, 6.45) is 8.43. The predicted octanol–water partition coefficient (Wildman–Crippen LogP) is 1.84. The number of carbonyl (C=O) groups excluding carboxylic acids is 1. The molecular weight excluding hydrogens is 344 g/mol. The molecule has 2 aromatic heterocycles. The summed E-state index contributed by atoms with van der Waals surface area (Å²) in [7, 11) is 1.89. The third kappa shape index (κ3) is 4.05. The molecule has 1 amide bonds. The van der Waals surface area contributed by atoms with Crippen molar-refractivity contribution in [1.82, 2.24) is 29.4 Å². The number of rotatable bonds is 5. The molecule has 2 aliphatic rings. The summed E-state index contributed by atoms with van der Waals surface area (Å²) < 4.78 is 9.12. The SMILES string of the molecule is Cn1nccc1-n1nc(C2CCOC2)nc1CCC(=O)N1CCCCCC1. The minimum absolute atomic E-state index is 0.224. The van der Waals surface area contributed by atoms with Gasteiger partial charge in [0, 0.05) is 51.6 Å². The van der Waals surface area contributed by atoms with E-state index in [0.717, 1.165) is 56.4 Å². The lowest BCUT2D eigenvalue weighted by molar-refractivity contribution is -0.131. The molecule has 0 N–H and O–H groups in total. The van der Waals surface area contributed by atoms with Gasteiger partial charge in [-0.1, -0.05) is 12.8 Å². The van der Waals surface area contributed by atoms with E-state index in [0.29, 0.717) is 19.4 Å². The Labute approximate surface area is 159 Å². The molecule has 8 heteroatoms. The molecule has 4 rings (SSSR count). The number of hydrogen-bond donors (Lipinski definition) is 0. The van der Waals surface area contributed by atoms with E-state index in [-0.39, 0.29) is 11.8 Å². The van der Waals surface area contributed by atoms with E-state index < -0.39 is 0 Å². The standard InChI is InChI=1S/C19H28N6O2/c1-23-17(8-10-20-23)25-16(21-19(22-25)15-9-13-27-14-15)6-7-18(26)24-11-4-2-3-5-12-24/h8,10,15H,2-7,9,11-14H2,1H3. The Bertz CT molecular complexity index is 769. The van der Waals surface area contributed by atoms with E-state index in [4.69, 9.17) is 14.8 Å². The van der Waals surface area contributed by atoms with E-state index in [1.54, 1.807) is 10.9 Å². The fourth-order valence-electron chi connectivity index (χ4n) is 3.89. The van der Waals surface area contributed by atoms with Crippen LogP contribution in [0.1, 0.15) is 56.1 Å². The second-order valence-electron chi connectivity index (χ2n) is 7.47. The number of likely N-dealkylation sites (tertiary alicyclic amines) is 1. The smallest absolute Gasteiger partial charge is 0.223 e. The highest BCUT2D eigenvalue weighted by Gasteiger charge is 2.25. The van der Waals surface area contributed by atoms with Crippen molar-refractivity contribution >= 4 is 5.91 Å². The third-order valence-electron chi connectivity index (χ3n) is 5.52. The average Bonchev–Trinajstić information content (AvgIpc) is 3.37. The predicted molar refractivity (Wildman–Crippen MR) is 99.7 cm³/mol. The van der Waals surface area contributed by atoms with Gasteiger partial charge in [-0.05, 0) is 19.3 Å². The molecule has 1 atom stereocenters. The normalized spacial score (nSPS) is 20.8. The van der Waals surface area contributed by atoms with Crippen LogP contribution in [0.15, 0.2) is 12.3 Å². The molecule has 8 nitrogen and oxygen atoms in total. The maximum Gasteiger partial charge on any atom is 0.223 e. The van der Waals surface area contributed by atoms with Gasteiger partial charge in [-0.15, -0.1) is 5.10 Å². The van der Waals surface area contributed by atoms with E-state index >= 15 is 0 Å². The Morgan fingerprint density at radius 1 is 1.26 bits per heavy atom. The van der Waals surface area contributed by atoms with Gasteiger partial charge in [0.25, 0.3) is 0 Å². The van der Waals surface area contributed by atoms with Crippen LogP contribution in [0.4, 0.5) is 0 Å². The molecule has 0 bridgehead atoms. The molecule has 146 valence electrons. The molecule has 2 aliphatic heterocycles. The average molecular weight is 372 g/mol. The monoisotopic (exact) mass is 372 g/mol. The van der Waals surface area contributed by atoms with Gasteiger partial charge >= 0.3 is 0 Å². The Morgan fingerprint density at radius 2 is 2.07 bits per heavy atom. The van der Waals surface area contributed by atoms with Crippen LogP contribution in [-0.4, -0.2) is 61.7 Å². The second-order valence-corrected chi connectivity index (χ2v) is 7.47. The number of ether oxygens (including phenoxy) is 1. The first kappa shape index (κ1) is 18.2. The number of hydrogen-bond acceptors (Lipinski definition) is 5. The number of aryl methyl sites for hydroxylation is 2. The highest BCUT2D eigenvalue weighted by molar-refractivity contribution is 5.76. The van der Waals surface area contributed by atoms with Crippen LogP contribution in [0.25, 0.3) is 5.82 Å². The first-order valence-corrected chi connectivity index (χ1v) is 10.0. The molecular formula is C19H28N6O2. The lowest BCUT2D eigenvalue weighted by Crippen LogP contribution is -2.32. The highest BCUT2D eigenvalue weighted by atomic mass is 16.5. The van der Waals surface area contributed by atoms with E-state index in [2.05, 4.69) is 5.10 Å². The quantitative estimate of drug-likeness (QED) is 0.800. The van der Waals surface area contributed by atoms with Crippen molar-refractivity contribution in [2.45, 2.75) is 50.9 Å². The van der Waals surface area contributed by atoms with E-state index in [9.17, 15) is 4.79 Å². The zero-order chi connectivity index (χ0) is 18.6. The van der Waals surface area contributed by atoms with Gasteiger partial charge in [-0.25, -0.2) is 4.98 Å². The minimum Gasteiger partial charge on any atom is -0.381 e. The maximum absolute atomic E-state index is 12.7. The third-order valence-corrected chi connectivity index (χ3v) is 5.52. The highest BCUT2D eigenvalue weighted by Crippen LogP contribution is 2.24. The zero-order valence-electron chi connectivity index (χ0n) is 16.0. The van der Waals surface area contributed by atoms with Crippen LogP contribution < -0.4 is 0 Å². The number of nitrogens with zero attached hydrogens (tertiary/aromatic N) is 6. The molecule has 0 saturated carbocycles. The molecule has 0 aliphatic carbocycles. The van der Waals surface area contributed by atoms with Crippen molar-refractivity contribution in [1.29, 1.82) is 0 Å². The Hall–Kier alpha value is -2.22. The summed E-state index contributed by atoms with van der Waals surface area (Å²) in [6, 6.07) is 1.92. The number of amides is 1. The molecule has 1 unspecified atom stereocenters. The van der Waals surface area contributed by atoms with Crippen molar-refractivity contribution in [3.8, 4) is 5.82 Å². The van der Waals surface area contributed by atoms with Crippen LogP contribution in [0.2, 0.25) is 0 Å². The van der Waals surface area contributed by atoms with Crippen LogP contribution in [0.3, 0.4) is 0 Å². The first-order chi connectivity index (χ1) is 13.2. The largest absolute Gasteiger partial charge is 0.381 e. The summed E-state index contributed by atoms with van der Waals surface area (Å²) >= 11 is 0. The molecule has 27 heavy (non-hydrogen) atoms. The van der Waals surface area contributed by atoms with Crippen LogP contribution in [0.5, 0.6) is 0 Å². The molecule has 0 spiro atoms. The maximum atomic E-state index is 12.7. The molecule has 4 heterocycles. The fraction of sp³-hybridized carbons (Fsp3) is 0.684. The van der Waals surface area contributed by atoms with Gasteiger partial charge in [0.05, 0.1) is 12.8 Å². The number of carbonyl (C=O) groups is 1. The molecule has 0 aromatic carbocycles. The van der Waals surface area contributed by atoms with Crippen molar-refractivity contribution < 1.29 is 9.53 Å². The van der Waals surface area contributed by atoms with E-state index in [1.807, 2.05) is 22.7 Å². The van der Waals surface area contributed by atoms with Gasteiger partial charge in [-0.3, -0.25) is 9.48 Å². The fourth-order valence-corrected chi connectivity index (χ4v) is 3.89. The summed E-state index contributed by atoms with van der Waals surface area (Å²) in [5.41, 5.74) is 0. The number of aromatic nitrogens is 5. The van der Waals surface area contributed by atoms with Crippen LogP contribution >= 0.6 is 0 Å². The molecule has 2 fully saturated rings. The van der Waals surface area contributed by atoms with Crippen molar-refractivity contribution in [3.63, 3.8) is 0 Å². The minimum atomic E-state index is 0.224. The lowest BCUT2D eigenvalue weighted by atomic mass is 10.1. The molecule has 2 aromatic rings. The van der Waals surface area contributed by atoms with Crippen LogP contribution in [0, 0.1) is 0 Å². The second kappa shape index (κ2) is 8.21. The van der Waals surface area contributed by atoms with Crippen molar-refractivity contribution in [3.05, 3.63) is 23.9 Å². The summed E-state index contributed by atoms with van der Waals surface area (Å²) in [5.74, 6) is 2.96. The zero-order valence-corrected chi connectivity index (χ0v) is 16.0. The first-order valence-electron chi connectivity index (χ1n) is 10.0. The van der Waals surface area contributed by atoms with Gasteiger partial charge in [0.15, 0.2) is 11.6 Å². The van der Waals surface area contributed by atoms with Gasteiger partial charge in [0.2, 0.25) is 5.91 Å². The summed E-state index contributed by atoms with van der Waals surface area (Å²) in [6.45, 7) is 3.20. The molecule has 0 radical (unpaired) electrons. The van der Waals surface area contributed by atoms with Gasteiger partial charge in [-0.2, -0.15) is 9.78 Å². The Morgan fingerprint density at radius 3 is 2.74 bits per heavy atom. The Kier molecular flexibility index (Phi) is 5.52. The lowest BCUT2D eigenvalue weighted by Gasteiger charge is -2.20. The van der Waals surface area contributed by atoms with E-state index in [1.165, 1.54) is 12.8 Å². The Balaban J connectivity index is 1.51. The van der Waals surface area contributed by atoms with Gasteiger partial charge < -0.3 is 9.64 Å². The summed E-state index contributed by atoms with van der Waals surface area (Å²) in [5, 5.41) is 8.99. The van der Waals surface area contributed by atoms with Crippen molar-refractivity contribution in [2.75, 3.05) is 26.3 Å². The van der Waals surface area contributed by atoms with Crippen LogP contribution in [-0.2, 0) is 23.0 Å².